The van der Waals surface area contributed by atoms with E-state index in [1.165, 1.54) is 35.7 Å². The molecule has 2 aromatic rings. The van der Waals surface area contributed by atoms with E-state index in [9.17, 15) is 10.1 Å². The maximum Gasteiger partial charge on any atom is 0.288 e. The minimum Gasteiger partial charge on any atom is -0.258 e. The van der Waals surface area contributed by atoms with Crippen molar-refractivity contribution in [1.82, 2.24) is 14.9 Å². The molecule has 2 rings (SSSR count). The zero-order chi connectivity index (χ0) is 13.1. The Hall–Kier alpha value is -1.99. The normalized spacial score (nSPS) is 11.0. The molecule has 1 aromatic carbocycles. The summed E-state index contributed by atoms with van der Waals surface area (Å²) in [5.41, 5.74) is 0.146. The number of benzene rings is 1. The minimum atomic E-state index is -0.589. The highest BCUT2D eigenvalue weighted by molar-refractivity contribution is 6.37. The van der Waals surface area contributed by atoms with Gasteiger partial charge in [-0.3, -0.25) is 10.1 Å². The van der Waals surface area contributed by atoms with E-state index in [1.807, 2.05) is 0 Å². The van der Waals surface area contributed by atoms with Crippen LogP contribution in [-0.4, -0.2) is 26.0 Å². The lowest BCUT2D eigenvalue weighted by atomic mass is 10.2. The molecule has 1 aromatic heterocycles. The number of rotatable bonds is 3. The Kier molecular flexibility index (Phi) is 3.54. The summed E-state index contributed by atoms with van der Waals surface area (Å²) in [7, 11) is 0. The molecule has 1 heterocycles. The summed E-state index contributed by atoms with van der Waals surface area (Å²) in [6, 6.07) is 2.55. The Bertz CT molecular complexity index is 612. The van der Waals surface area contributed by atoms with Gasteiger partial charge in [0.2, 0.25) is 0 Å². The Balaban J connectivity index is 2.39. The third kappa shape index (κ3) is 2.63. The lowest BCUT2D eigenvalue weighted by Gasteiger charge is -2.00. The van der Waals surface area contributed by atoms with Crippen LogP contribution in [0.1, 0.15) is 5.56 Å². The SMILES string of the molecule is O=[N+]([O-])c1cc(/C=N/n2cnnc2)c(Cl)cc1Cl. The highest BCUT2D eigenvalue weighted by Gasteiger charge is 2.15. The molecule has 0 aliphatic heterocycles. The topological polar surface area (TPSA) is 86.2 Å². The first-order valence-electron chi connectivity index (χ1n) is 4.60. The first kappa shape index (κ1) is 12.5. The van der Waals surface area contributed by atoms with Crippen molar-refractivity contribution < 1.29 is 4.92 Å². The average Bonchev–Trinajstić information content (AvgIpc) is 2.80. The van der Waals surface area contributed by atoms with Crippen LogP contribution in [0.25, 0.3) is 0 Å². The number of halogens is 2. The van der Waals surface area contributed by atoms with E-state index in [0.717, 1.165) is 0 Å². The largest absolute Gasteiger partial charge is 0.288 e. The van der Waals surface area contributed by atoms with Crippen molar-refractivity contribution >= 4 is 35.1 Å². The molecule has 0 aliphatic rings. The van der Waals surface area contributed by atoms with Gasteiger partial charge in [0.25, 0.3) is 5.69 Å². The van der Waals surface area contributed by atoms with Gasteiger partial charge in [-0.05, 0) is 6.07 Å². The predicted molar refractivity (Wildman–Crippen MR) is 66.1 cm³/mol. The van der Waals surface area contributed by atoms with Gasteiger partial charge in [-0.15, -0.1) is 10.2 Å². The van der Waals surface area contributed by atoms with E-state index >= 15 is 0 Å². The van der Waals surface area contributed by atoms with Crippen molar-refractivity contribution in [3.8, 4) is 0 Å². The molecule has 9 heteroatoms. The van der Waals surface area contributed by atoms with E-state index in [4.69, 9.17) is 23.2 Å². The molecule has 7 nitrogen and oxygen atoms in total. The lowest BCUT2D eigenvalue weighted by molar-refractivity contribution is -0.384. The van der Waals surface area contributed by atoms with Gasteiger partial charge in [-0.1, -0.05) is 23.2 Å². The van der Waals surface area contributed by atoms with Crippen LogP contribution in [-0.2, 0) is 0 Å². The highest BCUT2D eigenvalue weighted by atomic mass is 35.5. The molecule has 18 heavy (non-hydrogen) atoms. The second kappa shape index (κ2) is 5.11. The monoisotopic (exact) mass is 285 g/mol. The van der Waals surface area contributed by atoms with E-state index in [2.05, 4.69) is 15.3 Å². The molecule has 0 atom stereocenters. The zero-order valence-electron chi connectivity index (χ0n) is 8.70. The van der Waals surface area contributed by atoms with Gasteiger partial charge < -0.3 is 0 Å². The fourth-order valence-electron chi connectivity index (χ4n) is 1.18. The summed E-state index contributed by atoms with van der Waals surface area (Å²) < 4.78 is 1.33. The van der Waals surface area contributed by atoms with E-state index in [1.54, 1.807) is 0 Å². The fourth-order valence-corrected chi connectivity index (χ4v) is 1.68. The third-order valence-corrected chi connectivity index (χ3v) is 2.63. The molecular weight excluding hydrogens is 281 g/mol. The van der Waals surface area contributed by atoms with Crippen LogP contribution in [0.15, 0.2) is 29.9 Å². The summed E-state index contributed by atoms with van der Waals surface area (Å²) in [6.07, 6.45) is 4.10. The van der Waals surface area contributed by atoms with Crippen molar-refractivity contribution in [3.63, 3.8) is 0 Å². The summed E-state index contributed by atoms with van der Waals surface area (Å²) in [6.45, 7) is 0. The quantitative estimate of drug-likeness (QED) is 0.492. The van der Waals surface area contributed by atoms with Gasteiger partial charge in [0.05, 0.1) is 16.2 Å². The Morgan fingerprint density at radius 1 is 1.28 bits per heavy atom. The number of nitro benzene ring substituents is 1. The Labute approximate surface area is 111 Å². The van der Waals surface area contributed by atoms with Crippen LogP contribution in [0.5, 0.6) is 0 Å². The number of hydrogen-bond donors (Lipinski definition) is 0. The molecular formula is C9H5Cl2N5O2. The molecule has 0 fully saturated rings. The smallest absolute Gasteiger partial charge is 0.258 e. The standard InChI is InChI=1S/C9H5Cl2N5O2/c10-7-2-8(11)9(16(17)18)1-6(7)3-14-15-4-12-13-5-15/h1-5H/b14-3+. The third-order valence-electron chi connectivity index (χ3n) is 2.00. The number of nitro groups is 1. The number of aromatic nitrogens is 3. The van der Waals surface area contributed by atoms with Crippen LogP contribution in [0, 0.1) is 10.1 Å². The second-order valence-corrected chi connectivity index (χ2v) is 3.98. The van der Waals surface area contributed by atoms with Crippen LogP contribution in [0.2, 0.25) is 10.0 Å². The molecule has 0 N–H and O–H groups in total. The lowest BCUT2D eigenvalue weighted by Crippen LogP contribution is -1.94. The van der Waals surface area contributed by atoms with Crippen molar-refractivity contribution in [2.75, 3.05) is 0 Å². The predicted octanol–water partition coefficient (Wildman–Crippen LogP) is 2.38. The Morgan fingerprint density at radius 2 is 1.94 bits per heavy atom. The second-order valence-electron chi connectivity index (χ2n) is 3.17. The maximum atomic E-state index is 10.7. The molecule has 0 unspecified atom stereocenters. The summed E-state index contributed by atoms with van der Waals surface area (Å²) in [5, 5.41) is 22.0. The molecule has 0 spiro atoms. The first-order chi connectivity index (χ1) is 8.58. The van der Waals surface area contributed by atoms with Gasteiger partial charge in [0.15, 0.2) is 0 Å². The summed E-state index contributed by atoms with van der Waals surface area (Å²) in [5.74, 6) is 0. The first-order valence-corrected chi connectivity index (χ1v) is 5.36. The molecule has 92 valence electrons. The van der Waals surface area contributed by atoms with Crippen molar-refractivity contribution in [1.29, 1.82) is 0 Å². The van der Waals surface area contributed by atoms with Gasteiger partial charge in [0.1, 0.15) is 17.7 Å². The van der Waals surface area contributed by atoms with Gasteiger partial charge >= 0.3 is 0 Å². The zero-order valence-corrected chi connectivity index (χ0v) is 10.2. The van der Waals surface area contributed by atoms with E-state index in [0.29, 0.717) is 5.56 Å². The van der Waals surface area contributed by atoms with E-state index in [-0.39, 0.29) is 15.7 Å². The van der Waals surface area contributed by atoms with Crippen LogP contribution >= 0.6 is 23.2 Å². The van der Waals surface area contributed by atoms with Crippen LogP contribution in [0.3, 0.4) is 0 Å². The van der Waals surface area contributed by atoms with Crippen molar-refractivity contribution in [3.05, 3.63) is 50.5 Å². The molecule has 0 bridgehead atoms. The fraction of sp³-hybridized carbons (Fsp3) is 0. The number of nitrogens with zero attached hydrogens (tertiary/aromatic N) is 5. The maximum absolute atomic E-state index is 10.7. The summed E-state index contributed by atoms with van der Waals surface area (Å²) in [4.78, 5) is 10.1. The average molecular weight is 286 g/mol. The van der Waals surface area contributed by atoms with Gasteiger partial charge in [-0.25, -0.2) is 4.68 Å². The highest BCUT2D eigenvalue weighted by Crippen LogP contribution is 2.29. The van der Waals surface area contributed by atoms with Crippen LogP contribution in [0.4, 0.5) is 5.69 Å². The Morgan fingerprint density at radius 3 is 2.56 bits per heavy atom. The molecule has 0 radical (unpaired) electrons. The van der Waals surface area contributed by atoms with Crippen molar-refractivity contribution in [2.24, 2.45) is 5.10 Å². The molecule has 0 saturated heterocycles. The summed E-state index contributed by atoms with van der Waals surface area (Å²) >= 11 is 11.6. The van der Waals surface area contributed by atoms with Gasteiger partial charge in [-0.2, -0.15) is 5.10 Å². The van der Waals surface area contributed by atoms with E-state index < -0.39 is 4.92 Å². The van der Waals surface area contributed by atoms with Gasteiger partial charge in [0, 0.05) is 11.6 Å². The molecule has 0 amide bonds. The molecule has 0 saturated carbocycles. The van der Waals surface area contributed by atoms with Crippen LogP contribution < -0.4 is 0 Å². The molecule has 0 aliphatic carbocycles. The number of hydrogen-bond acceptors (Lipinski definition) is 5. The minimum absolute atomic E-state index is 0.0218. The van der Waals surface area contributed by atoms with Crippen molar-refractivity contribution in [2.45, 2.75) is 0 Å².